The summed E-state index contributed by atoms with van der Waals surface area (Å²) in [6.45, 7) is 2.63. The first-order valence-corrected chi connectivity index (χ1v) is 15.2. The fourth-order valence-corrected chi connectivity index (χ4v) is 5.22. The van der Waals surface area contributed by atoms with Gasteiger partial charge in [0.2, 0.25) is 11.9 Å². The Labute approximate surface area is 243 Å². The van der Waals surface area contributed by atoms with E-state index < -0.39 is 59.4 Å². The lowest BCUT2D eigenvalue weighted by atomic mass is 10.1. The molecule has 0 bridgehead atoms. The highest BCUT2D eigenvalue weighted by Crippen LogP contribution is 2.32. The maximum Gasteiger partial charge on any atom is 0.351 e. The average molecular weight is 633 g/mol. The van der Waals surface area contributed by atoms with Crippen molar-refractivity contribution in [3.8, 4) is 5.88 Å². The molecule has 2 heterocycles. The SMILES string of the molecule is CCn1c(O)c(CS(=O)(=O)O)c(C)c(N=Nc2cc(Nc3nc(Nc4ccccc4)nc(=O)[nH]3)ccc2S(=O)(=O)O)c1=O. The van der Waals surface area contributed by atoms with Gasteiger partial charge in [0.1, 0.15) is 16.3 Å². The number of aromatic amines is 1. The summed E-state index contributed by atoms with van der Waals surface area (Å²) in [6.07, 6.45) is 0. The van der Waals surface area contributed by atoms with E-state index >= 15 is 0 Å². The lowest BCUT2D eigenvalue weighted by Gasteiger charge is -2.14. The van der Waals surface area contributed by atoms with Crippen molar-refractivity contribution in [3.63, 3.8) is 0 Å². The van der Waals surface area contributed by atoms with Crippen LogP contribution in [0.4, 0.5) is 34.6 Å². The molecule has 2 aromatic heterocycles. The van der Waals surface area contributed by atoms with Gasteiger partial charge in [-0.15, -0.1) is 10.2 Å². The third-order valence-corrected chi connectivity index (χ3v) is 7.42. The topological polar surface area (TPSA) is 258 Å². The summed E-state index contributed by atoms with van der Waals surface area (Å²) in [5, 5.41) is 23.7. The summed E-state index contributed by atoms with van der Waals surface area (Å²) in [5.41, 5.74) is -2.33. The van der Waals surface area contributed by atoms with Crippen molar-refractivity contribution in [2.45, 2.75) is 31.0 Å². The van der Waals surface area contributed by atoms with Crippen molar-refractivity contribution in [1.82, 2.24) is 19.5 Å². The molecule has 0 aliphatic heterocycles. The molecule has 2 aromatic carbocycles. The number of nitrogens with zero attached hydrogens (tertiary/aromatic N) is 5. The summed E-state index contributed by atoms with van der Waals surface area (Å²) >= 11 is 0. The molecular weight excluding hydrogens is 608 g/mol. The van der Waals surface area contributed by atoms with Gasteiger partial charge in [0.05, 0.1) is 0 Å². The van der Waals surface area contributed by atoms with Crippen molar-refractivity contribution in [2.75, 3.05) is 10.6 Å². The van der Waals surface area contributed by atoms with Crippen LogP contribution in [-0.4, -0.2) is 50.6 Å². The third kappa shape index (κ3) is 7.46. The molecule has 0 atom stereocenters. The van der Waals surface area contributed by atoms with Crippen LogP contribution in [0, 0.1) is 6.92 Å². The van der Waals surface area contributed by atoms with Gasteiger partial charge in [-0.3, -0.25) is 23.5 Å². The molecule has 0 aliphatic carbocycles. The van der Waals surface area contributed by atoms with Gasteiger partial charge in [-0.25, -0.2) is 4.79 Å². The van der Waals surface area contributed by atoms with Gasteiger partial charge in [0.25, 0.3) is 25.8 Å². The minimum Gasteiger partial charge on any atom is -0.494 e. The smallest absolute Gasteiger partial charge is 0.351 e. The molecule has 4 aromatic rings. The zero-order valence-electron chi connectivity index (χ0n) is 22.4. The van der Waals surface area contributed by atoms with E-state index in [4.69, 9.17) is 0 Å². The molecule has 4 rings (SSSR count). The van der Waals surface area contributed by atoms with E-state index in [1.165, 1.54) is 19.9 Å². The standard InChI is InChI=1S/C24H24N8O9S2/c1-3-32-20(33)16(12-42(36,37)38)13(2)19(21(32)34)31-30-17-11-15(9-10-18(17)43(39,40)41)26-23-27-22(28-24(35)29-23)25-14-7-5-4-6-8-14/h4-11,33H,3,12H2,1-2H3,(H,36,37,38)(H,39,40,41)(H3,25,26,27,28,29,35). The van der Waals surface area contributed by atoms with Gasteiger partial charge < -0.3 is 15.7 Å². The van der Waals surface area contributed by atoms with Crippen LogP contribution in [0.5, 0.6) is 5.88 Å². The molecule has 0 radical (unpaired) electrons. The zero-order chi connectivity index (χ0) is 31.5. The predicted octanol–water partition coefficient (Wildman–Crippen LogP) is 2.90. The van der Waals surface area contributed by atoms with Crippen LogP contribution in [0.1, 0.15) is 18.1 Å². The molecule has 226 valence electrons. The van der Waals surface area contributed by atoms with Crippen LogP contribution in [0.2, 0.25) is 0 Å². The fraction of sp³-hybridized carbons (Fsp3) is 0.167. The first kappa shape index (κ1) is 31.0. The Balaban J connectivity index is 1.77. The van der Waals surface area contributed by atoms with E-state index in [1.807, 2.05) is 0 Å². The Morgan fingerprint density at radius 3 is 2.28 bits per heavy atom. The van der Waals surface area contributed by atoms with Crippen LogP contribution in [0.3, 0.4) is 0 Å². The normalized spacial score (nSPS) is 12.0. The van der Waals surface area contributed by atoms with Gasteiger partial charge in [0, 0.05) is 23.5 Å². The Kier molecular flexibility index (Phi) is 8.71. The highest BCUT2D eigenvalue weighted by molar-refractivity contribution is 7.86. The molecule has 0 fully saturated rings. The third-order valence-electron chi connectivity index (χ3n) is 5.86. The maximum absolute atomic E-state index is 13.0. The van der Waals surface area contributed by atoms with E-state index in [9.17, 15) is 40.6 Å². The molecule has 17 nitrogen and oxygen atoms in total. The lowest BCUT2D eigenvalue weighted by molar-refractivity contribution is 0.403. The Bertz CT molecular complexity index is 2060. The van der Waals surface area contributed by atoms with Crippen molar-refractivity contribution in [3.05, 3.63) is 80.5 Å². The highest BCUT2D eigenvalue weighted by atomic mass is 32.2. The van der Waals surface area contributed by atoms with Gasteiger partial charge >= 0.3 is 5.69 Å². The molecular formula is C24H24N8O9S2. The average Bonchev–Trinajstić information content (AvgIpc) is 2.90. The molecule has 19 heteroatoms. The van der Waals surface area contributed by atoms with Gasteiger partial charge in [-0.05, 0) is 49.7 Å². The predicted molar refractivity (Wildman–Crippen MR) is 154 cm³/mol. The monoisotopic (exact) mass is 632 g/mol. The van der Waals surface area contributed by atoms with E-state index in [0.717, 1.165) is 16.7 Å². The summed E-state index contributed by atoms with van der Waals surface area (Å²) in [6, 6.07) is 12.1. The number of para-hydroxylation sites is 1. The second-order valence-corrected chi connectivity index (χ2v) is 11.7. The number of benzene rings is 2. The van der Waals surface area contributed by atoms with Gasteiger partial charge in [-0.2, -0.15) is 26.8 Å². The minimum atomic E-state index is -4.86. The number of nitrogens with one attached hydrogen (secondary N) is 3. The number of anilines is 4. The number of pyridine rings is 1. The van der Waals surface area contributed by atoms with Crippen LogP contribution in [0.15, 0.2) is 73.2 Å². The largest absolute Gasteiger partial charge is 0.494 e. The fourth-order valence-electron chi connectivity index (χ4n) is 3.91. The second-order valence-electron chi connectivity index (χ2n) is 8.85. The van der Waals surface area contributed by atoms with Crippen molar-refractivity contribution in [2.24, 2.45) is 10.2 Å². The summed E-state index contributed by atoms with van der Waals surface area (Å²) < 4.78 is 67.0. The van der Waals surface area contributed by atoms with E-state index in [2.05, 4.69) is 35.8 Å². The van der Waals surface area contributed by atoms with Crippen LogP contribution in [-0.2, 0) is 32.5 Å². The number of hydrogen-bond donors (Lipinski definition) is 6. The quantitative estimate of drug-likeness (QED) is 0.109. The van der Waals surface area contributed by atoms with E-state index in [-0.39, 0.29) is 35.3 Å². The van der Waals surface area contributed by atoms with Crippen LogP contribution in [0.25, 0.3) is 0 Å². The molecule has 0 saturated carbocycles. The van der Waals surface area contributed by atoms with Gasteiger partial charge in [-0.1, -0.05) is 18.2 Å². The Morgan fingerprint density at radius 1 is 0.953 bits per heavy atom. The van der Waals surface area contributed by atoms with Crippen molar-refractivity contribution in [1.29, 1.82) is 0 Å². The molecule has 43 heavy (non-hydrogen) atoms. The second kappa shape index (κ2) is 12.1. The molecule has 0 amide bonds. The Morgan fingerprint density at radius 2 is 1.65 bits per heavy atom. The number of rotatable bonds is 10. The molecule has 0 aliphatic rings. The first-order chi connectivity index (χ1) is 20.2. The first-order valence-electron chi connectivity index (χ1n) is 12.2. The van der Waals surface area contributed by atoms with E-state index in [1.54, 1.807) is 30.3 Å². The van der Waals surface area contributed by atoms with Crippen molar-refractivity contribution >= 4 is 54.9 Å². The Hall–Kier alpha value is -4.98. The van der Waals surface area contributed by atoms with Crippen LogP contribution >= 0.6 is 0 Å². The maximum atomic E-state index is 13.0. The molecule has 0 unspecified atom stereocenters. The number of aromatic hydroxyl groups is 1. The number of aromatic nitrogens is 4. The van der Waals surface area contributed by atoms with Crippen molar-refractivity contribution < 1.29 is 31.0 Å². The zero-order valence-corrected chi connectivity index (χ0v) is 24.0. The molecule has 0 spiro atoms. The minimum absolute atomic E-state index is 0.0531. The summed E-state index contributed by atoms with van der Waals surface area (Å²) in [7, 11) is -9.50. The number of azo groups is 1. The summed E-state index contributed by atoms with van der Waals surface area (Å²) in [4.78, 5) is 34.7. The van der Waals surface area contributed by atoms with Gasteiger partial charge in [0.15, 0.2) is 11.6 Å². The highest BCUT2D eigenvalue weighted by Gasteiger charge is 2.23. The lowest BCUT2D eigenvalue weighted by Crippen LogP contribution is -2.22. The van der Waals surface area contributed by atoms with Crippen LogP contribution < -0.4 is 21.9 Å². The summed E-state index contributed by atoms with van der Waals surface area (Å²) in [5.74, 6) is -1.90. The number of H-pyrrole nitrogens is 1. The van der Waals surface area contributed by atoms with E-state index in [0.29, 0.717) is 5.69 Å². The molecule has 6 N–H and O–H groups in total. The molecule has 0 saturated heterocycles. The number of hydrogen-bond acceptors (Lipinski definition) is 13.